The molecule has 6 heteroatoms. The maximum absolute atomic E-state index is 12.2. The molecule has 0 aliphatic heterocycles. The fraction of sp³-hybridized carbons (Fsp3) is 0.333. The van der Waals surface area contributed by atoms with Gasteiger partial charge in [0.05, 0.1) is 16.1 Å². The first-order valence-corrected chi connectivity index (χ1v) is 8.17. The summed E-state index contributed by atoms with van der Waals surface area (Å²) in [6.45, 7) is 3.75. The molecule has 1 saturated carbocycles. The van der Waals surface area contributed by atoms with Gasteiger partial charge >= 0.3 is 0 Å². The van der Waals surface area contributed by atoms with E-state index in [4.69, 9.17) is 23.2 Å². The molecule has 1 aliphatic carbocycles. The molecule has 3 nitrogen and oxygen atoms in total. The Morgan fingerprint density at radius 2 is 1.95 bits per heavy atom. The quantitative estimate of drug-likeness (QED) is 0.827. The first kappa shape index (κ1) is 14.8. The van der Waals surface area contributed by atoms with E-state index in [1.54, 1.807) is 18.3 Å². The van der Waals surface area contributed by atoms with Crippen molar-refractivity contribution in [2.75, 3.05) is 5.32 Å². The third kappa shape index (κ3) is 2.68. The van der Waals surface area contributed by atoms with Crippen LogP contribution in [0.25, 0.3) is 11.3 Å². The molecule has 21 heavy (non-hydrogen) atoms. The molecule has 1 amide bonds. The number of rotatable bonds is 3. The minimum absolute atomic E-state index is 0.148. The van der Waals surface area contributed by atoms with Gasteiger partial charge in [-0.1, -0.05) is 12.1 Å². The van der Waals surface area contributed by atoms with Crippen molar-refractivity contribution in [1.82, 2.24) is 4.98 Å². The van der Waals surface area contributed by atoms with Gasteiger partial charge < -0.3 is 5.32 Å². The smallest absolute Gasteiger partial charge is 0.233 e. The largest absolute Gasteiger partial charge is 0.326 e. The summed E-state index contributed by atoms with van der Waals surface area (Å²) in [5.74, 6) is -0.148. The minimum atomic E-state index is -0.949. The van der Waals surface area contributed by atoms with E-state index in [2.05, 4.69) is 10.3 Å². The zero-order valence-electron chi connectivity index (χ0n) is 11.6. The summed E-state index contributed by atoms with van der Waals surface area (Å²) in [6, 6.07) is 7.59. The fourth-order valence-corrected chi connectivity index (χ4v) is 3.46. The highest BCUT2D eigenvalue weighted by Gasteiger charge is 2.67. The number of halogens is 2. The SMILES string of the molecule is Cc1nc(-c2ccc(NC(=O)C3(C)CC3(Cl)Cl)cc2)cs1. The highest BCUT2D eigenvalue weighted by molar-refractivity contribution is 7.09. The van der Waals surface area contributed by atoms with E-state index in [0.717, 1.165) is 22.0 Å². The normalized spacial score (nSPS) is 22.9. The number of aryl methyl sites for hydroxylation is 1. The van der Waals surface area contributed by atoms with Gasteiger partial charge in [0.1, 0.15) is 4.33 Å². The molecular formula is C15H14Cl2N2OS. The molecule has 2 aromatic rings. The molecule has 110 valence electrons. The van der Waals surface area contributed by atoms with Crippen LogP contribution in [0, 0.1) is 12.3 Å². The Balaban J connectivity index is 1.72. The van der Waals surface area contributed by atoms with Crippen molar-refractivity contribution < 1.29 is 4.79 Å². The van der Waals surface area contributed by atoms with Crippen LogP contribution in [-0.2, 0) is 4.79 Å². The second-order valence-electron chi connectivity index (χ2n) is 5.50. The van der Waals surface area contributed by atoms with Gasteiger partial charge in [-0.05, 0) is 32.4 Å². The number of amides is 1. The average molecular weight is 341 g/mol. The van der Waals surface area contributed by atoms with Crippen molar-refractivity contribution in [3.63, 3.8) is 0 Å². The maximum Gasteiger partial charge on any atom is 0.233 e. The van der Waals surface area contributed by atoms with Crippen LogP contribution in [-0.4, -0.2) is 15.2 Å². The molecule has 1 heterocycles. The number of aromatic nitrogens is 1. The second kappa shape index (κ2) is 4.97. The summed E-state index contributed by atoms with van der Waals surface area (Å²) in [6.07, 6.45) is 0.477. The number of nitrogens with zero attached hydrogens (tertiary/aromatic N) is 1. The summed E-state index contributed by atoms with van der Waals surface area (Å²) in [4.78, 5) is 16.6. The third-order valence-electron chi connectivity index (χ3n) is 3.82. The first-order valence-electron chi connectivity index (χ1n) is 6.54. The van der Waals surface area contributed by atoms with Gasteiger partial charge in [-0.3, -0.25) is 4.79 Å². The minimum Gasteiger partial charge on any atom is -0.326 e. The third-order valence-corrected chi connectivity index (χ3v) is 5.69. The number of hydrogen-bond donors (Lipinski definition) is 1. The molecule has 1 aromatic heterocycles. The monoisotopic (exact) mass is 340 g/mol. The van der Waals surface area contributed by atoms with Gasteiger partial charge in [0.25, 0.3) is 0 Å². The molecule has 1 fully saturated rings. The van der Waals surface area contributed by atoms with Crippen molar-refractivity contribution in [2.24, 2.45) is 5.41 Å². The van der Waals surface area contributed by atoms with E-state index in [0.29, 0.717) is 6.42 Å². The van der Waals surface area contributed by atoms with Gasteiger partial charge in [-0.2, -0.15) is 0 Å². The van der Waals surface area contributed by atoms with Crippen LogP contribution in [0.15, 0.2) is 29.6 Å². The molecule has 1 atom stereocenters. The molecular weight excluding hydrogens is 327 g/mol. The van der Waals surface area contributed by atoms with Crippen LogP contribution in [0.2, 0.25) is 0 Å². The zero-order valence-corrected chi connectivity index (χ0v) is 13.9. The molecule has 0 saturated heterocycles. The van der Waals surface area contributed by atoms with Crippen LogP contribution >= 0.6 is 34.5 Å². The molecule has 1 aromatic carbocycles. The zero-order chi connectivity index (χ0) is 15.3. The number of carbonyl (C=O) groups excluding carboxylic acids is 1. The maximum atomic E-state index is 12.2. The van der Waals surface area contributed by atoms with Crippen LogP contribution in [0.1, 0.15) is 18.4 Å². The standard InChI is InChI=1S/C15H14Cl2N2OS/c1-9-18-12(7-21-9)10-3-5-11(6-4-10)19-13(20)14(2)8-15(14,16)17/h3-7H,8H2,1-2H3,(H,19,20). The van der Waals surface area contributed by atoms with Crippen molar-refractivity contribution in [1.29, 1.82) is 0 Å². The van der Waals surface area contributed by atoms with Gasteiger partial charge in [0.2, 0.25) is 5.91 Å². The van der Waals surface area contributed by atoms with Crippen LogP contribution in [0.3, 0.4) is 0 Å². The lowest BCUT2D eigenvalue weighted by atomic mass is 10.1. The summed E-state index contributed by atoms with van der Waals surface area (Å²) in [7, 11) is 0. The molecule has 1 unspecified atom stereocenters. The van der Waals surface area contributed by atoms with E-state index in [9.17, 15) is 4.79 Å². The Labute approximate surface area is 137 Å². The lowest BCUT2D eigenvalue weighted by Crippen LogP contribution is -2.25. The van der Waals surface area contributed by atoms with E-state index < -0.39 is 9.75 Å². The Bertz CT molecular complexity index is 696. The Morgan fingerprint density at radius 1 is 1.33 bits per heavy atom. The number of hydrogen-bond acceptors (Lipinski definition) is 3. The number of anilines is 1. The van der Waals surface area contributed by atoms with Crippen molar-refractivity contribution >= 4 is 46.1 Å². The number of thiazole rings is 1. The van der Waals surface area contributed by atoms with Crippen LogP contribution in [0.5, 0.6) is 0 Å². The summed E-state index contributed by atoms with van der Waals surface area (Å²) >= 11 is 13.6. The van der Waals surface area contributed by atoms with Crippen molar-refractivity contribution in [3.05, 3.63) is 34.7 Å². The highest BCUT2D eigenvalue weighted by Crippen LogP contribution is 2.64. The van der Waals surface area contributed by atoms with Gasteiger partial charge in [-0.15, -0.1) is 34.5 Å². The predicted octanol–water partition coefficient (Wildman–Crippen LogP) is 4.64. The van der Waals surface area contributed by atoms with Crippen molar-refractivity contribution in [2.45, 2.75) is 24.6 Å². The number of nitrogens with one attached hydrogen (secondary N) is 1. The van der Waals surface area contributed by atoms with Crippen LogP contribution in [0.4, 0.5) is 5.69 Å². The number of benzene rings is 1. The van der Waals surface area contributed by atoms with E-state index >= 15 is 0 Å². The highest BCUT2D eigenvalue weighted by atomic mass is 35.5. The Morgan fingerprint density at radius 3 is 2.43 bits per heavy atom. The molecule has 0 spiro atoms. The lowest BCUT2D eigenvalue weighted by Gasteiger charge is -2.12. The van der Waals surface area contributed by atoms with Crippen molar-refractivity contribution in [3.8, 4) is 11.3 Å². The summed E-state index contributed by atoms with van der Waals surface area (Å²) in [5.41, 5.74) is 2.00. The fourth-order valence-electron chi connectivity index (χ4n) is 2.14. The molecule has 3 rings (SSSR count). The molecule has 0 radical (unpaired) electrons. The van der Waals surface area contributed by atoms with Gasteiger partial charge in [-0.25, -0.2) is 4.98 Å². The van der Waals surface area contributed by atoms with E-state index in [1.165, 1.54) is 0 Å². The Hall–Kier alpha value is -1.10. The average Bonchev–Trinajstić information content (AvgIpc) is 2.76. The molecule has 1 aliphatic rings. The van der Waals surface area contributed by atoms with E-state index in [1.807, 2.05) is 36.6 Å². The number of alkyl halides is 2. The number of carbonyl (C=O) groups is 1. The predicted molar refractivity (Wildman–Crippen MR) is 88.1 cm³/mol. The molecule has 1 N–H and O–H groups in total. The summed E-state index contributed by atoms with van der Waals surface area (Å²) in [5, 5.41) is 5.91. The van der Waals surface area contributed by atoms with Gasteiger partial charge in [0, 0.05) is 16.6 Å². The topological polar surface area (TPSA) is 42.0 Å². The van der Waals surface area contributed by atoms with Crippen LogP contribution < -0.4 is 5.32 Å². The molecule has 0 bridgehead atoms. The second-order valence-corrected chi connectivity index (χ2v) is 8.04. The van der Waals surface area contributed by atoms with Gasteiger partial charge in [0.15, 0.2) is 0 Å². The summed E-state index contributed by atoms with van der Waals surface area (Å²) < 4.78 is -0.949. The Kier molecular flexibility index (Phi) is 3.51. The van der Waals surface area contributed by atoms with E-state index in [-0.39, 0.29) is 5.91 Å². The lowest BCUT2D eigenvalue weighted by molar-refractivity contribution is -0.120. The first-order chi connectivity index (χ1) is 9.82.